The lowest BCUT2D eigenvalue weighted by atomic mass is 9.86. The molecule has 0 spiro atoms. The van der Waals surface area contributed by atoms with Gasteiger partial charge in [-0.1, -0.05) is 71.9 Å². The topological polar surface area (TPSA) is 95.6 Å². The van der Waals surface area contributed by atoms with Gasteiger partial charge >= 0.3 is 0 Å². The van der Waals surface area contributed by atoms with E-state index in [1.165, 1.54) is 23.3 Å². The van der Waals surface area contributed by atoms with Gasteiger partial charge in [0.05, 0.1) is 11.4 Å². The Balaban J connectivity index is 0.000000186. The van der Waals surface area contributed by atoms with Gasteiger partial charge in [-0.25, -0.2) is 15.0 Å². The molecule has 3 heterocycles. The number of benzene rings is 2. The molecule has 2 aromatic carbocycles. The van der Waals surface area contributed by atoms with Crippen LogP contribution in [0.1, 0.15) is 59.7 Å². The molecule has 40 heavy (non-hydrogen) atoms. The van der Waals surface area contributed by atoms with Gasteiger partial charge in [-0.3, -0.25) is 10.1 Å². The molecular weight excluding hydrogens is 496 g/mol. The number of hydrogen-bond acceptors (Lipinski definition) is 5. The lowest BCUT2D eigenvalue weighted by molar-refractivity contribution is -0.114. The fourth-order valence-corrected chi connectivity index (χ4v) is 4.08. The highest BCUT2D eigenvalue weighted by molar-refractivity contribution is 5.87. The molecule has 0 aliphatic heterocycles. The zero-order valence-corrected chi connectivity index (χ0v) is 24.3. The van der Waals surface area contributed by atoms with Gasteiger partial charge in [-0.05, 0) is 64.2 Å². The second kappa shape index (κ2) is 11.7. The number of carbonyl (C=O) groups is 1. The minimum Gasteiger partial charge on any atom is -0.357 e. The molecule has 0 atom stereocenters. The first-order valence-corrected chi connectivity index (χ1v) is 13.4. The molecule has 0 radical (unpaired) electrons. The van der Waals surface area contributed by atoms with Crippen LogP contribution in [0.15, 0.2) is 85.2 Å². The second-order valence-corrected chi connectivity index (χ2v) is 11.8. The third-order valence-corrected chi connectivity index (χ3v) is 6.36. The number of hydrogen-bond donors (Lipinski definition) is 3. The van der Waals surface area contributed by atoms with E-state index in [1.807, 2.05) is 30.3 Å². The fraction of sp³-hybridized carbons (Fsp3) is 0.273. The number of nitrogens with zero attached hydrogens (tertiary/aromatic N) is 3. The van der Waals surface area contributed by atoms with Gasteiger partial charge in [0.15, 0.2) is 0 Å². The van der Waals surface area contributed by atoms with E-state index in [4.69, 9.17) is 0 Å². The van der Waals surface area contributed by atoms with E-state index in [-0.39, 0.29) is 16.7 Å². The van der Waals surface area contributed by atoms with Crippen molar-refractivity contribution in [3.05, 3.63) is 96.4 Å². The SMILES string of the molecule is CC(=O)Nc1nccc(-c2ccc(C(C)(C)C)[nH]2)n1.CC(C)(C)c1ccc2cc(Nc3ccccn3)ccc2c1. The van der Waals surface area contributed by atoms with Crippen molar-refractivity contribution in [1.82, 2.24) is 19.9 Å². The number of pyridine rings is 1. The third-order valence-electron chi connectivity index (χ3n) is 6.36. The zero-order valence-electron chi connectivity index (χ0n) is 24.3. The summed E-state index contributed by atoms with van der Waals surface area (Å²) in [6.07, 6.45) is 3.42. The van der Waals surface area contributed by atoms with Crippen LogP contribution in [0.25, 0.3) is 22.2 Å². The molecule has 206 valence electrons. The number of nitrogens with one attached hydrogen (secondary N) is 3. The summed E-state index contributed by atoms with van der Waals surface area (Å²) in [6, 6.07) is 24.8. The van der Waals surface area contributed by atoms with E-state index in [2.05, 4.69) is 115 Å². The van der Waals surface area contributed by atoms with E-state index in [1.54, 1.807) is 12.4 Å². The van der Waals surface area contributed by atoms with Crippen molar-refractivity contribution in [3.63, 3.8) is 0 Å². The Morgan fingerprint density at radius 1 is 0.775 bits per heavy atom. The van der Waals surface area contributed by atoms with Crippen molar-refractivity contribution in [2.75, 3.05) is 10.6 Å². The Labute approximate surface area is 236 Å². The van der Waals surface area contributed by atoms with Crippen LogP contribution in [0, 0.1) is 0 Å². The van der Waals surface area contributed by atoms with Gasteiger partial charge in [-0.15, -0.1) is 0 Å². The lowest BCUT2D eigenvalue weighted by Crippen LogP contribution is -2.11. The molecule has 0 saturated heterocycles. The molecule has 7 nitrogen and oxygen atoms in total. The van der Waals surface area contributed by atoms with Crippen molar-refractivity contribution in [2.24, 2.45) is 0 Å². The van der Waals surface area contributed by atoms with Crippen LogP contribution in [0.2, 0.25) is 0 Å². The van der Waals surface area contributed by atoms with Crippen LogP contribution in [-0.2, 0) is 15.6 Å². The Bertz CT molecular complexity index is 1590. The number of anilines is 3. The maximum atomic E-state index is 11.0. The number of aromatic nitrogens is 4. The van der Waals surface area contributed by atoms with Crippen molar-refractivity contribution in [1.29, 1.82) is 0 Å². The summed E-state index contributed by atoms with van der Waals surface area (Å²) in [4.78, 5) is 26.9. The molecule has 5 rings (SSSR count). The molecular formula is C33H38N6O. The van der Waals surface area contributed by atoms with Crippen molar-refractivity contribution >= 4 is 34.1 Å². The van der Waals surface area contributed by atoms with Gasteiger partial charge in [0.1, 0.15) is 5.82 Å². The van der Waals surface area contributed by atoms with Gasteiger partial charge in [0.25, 0.3) is 0 Å². The van der Waals surface area contributed by atoms with E-state index >= 15 is 0 Å². The van der Waals surface area contributed by atoms with Crippen molar-refractivity contribution < 1.29 is 4.79 Å². The largest absolute Gasteiger partial charge is 0.357 e. The van der Waals surface area contributed by atoms with Crippen LogP contribution in [0.5, 0.6) is 0 Å². The number of aromatic amines is 1. The summed E-state index contributed by atoms with van der Waals surface area (Å²) in [5.74, 6) is 0.999. The minimum atomic E-state index is -0.181. The maximum Gasteiger partial charge on any atom is 0.229 e. The number of carbonyl (C=O) groups excluding carboxylic acids is 1. The van der Waals surface area contributed by atoms with Crippen LogP contribution >= 0.6 is 0 Å². The standard InChI is InChI=1S/C19H20N2.C14H18N4O/c1-19(2,3)16-9-7-15-13-17(10-8-14(15)12-16)21-18-6-4-5-11-20-18;1-9(19)16-13-15-8-7-11(18-13)10-5-6-12(17-10)14(2,3)4/h4-13H,1-3H3,(H,20,21);5-8,17H,1-4H3,(H,15,16,18,19). The van der Waals surface area contributed by atoms with E-state index in [9.17, 15) is 4.79 Å². The number of rotatable bonds is 4. The molecule has 5 aromatic rings. The predicted octanol–water partition coefficient (Wildman–Crippen LogP) is 8.00. The Hall–Kier alpha value is -4.52. The average Bonchev–Trinajstić information content (AvgIpc) is 3.40. The van der Waals surface area contributed by atoms with Gasteiger partial charge in [-0.2, -0.15) is 0 Å². The Morgan fingerprint density at radius 2 is 1.52 bits per heavy atom. The Kier molecular flexibility index (Phi) is 8.33. The van der Waals surface area contributed by atoms with Crippen molar-refractivity contribution in [2.45, 2.75) is 59.3 Å². The maximum absolute atomic E-state index is 11.0. The molecule has 0 unspecified atom stereocenters. The molecule has 0 aliphatic rings. The van der Waals surface area contributed by atoms with E-state index < -0.39 is 0 Å². The zero-order chi connectivity index (χ0) is 28.9. The molecule has 1 amide bonds. The number of amides is 1. The van der Waals surface area contributed by atoms with Gasteiger partial charge < -0.3 is 10.3 Å². The van der Waals surface area contributed by atoms with Crippen molar-refractivity contribution in [3.8, 4) is 11.4 Å². The summed E-state index contributed by atoms with van der Waals surface area (Å²) in [5, 5.41) is 8.42. The fourth-order valence-electron chi connectivity index (χ4n) is 4.08. The third kappa shape index (κ3) is 7.53. The first-order valence-electron chi connectivity index (χ1n) is 13.4. The molecule has 0 saturated carbocycles. The van der Waals surface area contributed by atoms with Crippen LogP contribution < -0.4 is 10.6 Å². The summed E-state index contributed by atoms with van der Waals surface area (Å²) < 4.78 is 0. The van der Waals surface area contributed by atoms with E-state index in [0.29, 0.717) is 5.95 Å². The van der Waals surface area contributed by atoms with Gasteiger partial charge in [0.2, 0.25) is 11.9 Å². The highest BCUT2D eigenvalue weighted by Crippen LogP contribution is 2.28. The monoisotopic (exact) mass is 534 g/mol. The number of H-pyrrole nitrogens is 1. The molecule has 3 N–H and O–H groups in total. The molecule has 0 aliphatic carbocycles. The molecule has 7 heteroatoms. The van der Waals surface area contributed by atoms with Crippen LogP contribution in [0.3, 0.4) is 0 Å². The molecule has 3 aromatic heterocycles. The van der Waals surface area contributed by atoms with Crippen LogP contribution in [-0.4, -0.2) is 25.8 Å². The van der Waals surface area contributed by atoms with Crippen LogP contribution in [0.4, 0.5) is 17.5 Å². The molecule has 0 bridgehead atoms. The second-order valence-electron chi connectivity index (χ2n) is 11.8. The summed E-state index contributed by atoms with van der Waals surface area (Å²) in [5.41, 5.74) is 5.48. The smallest absolute Gasteiger partial charge is 0.229 e. The Morgan fingerprint density at radius 3 is 2.17 bits per heavy atom. The first-order chi connectivity index (χ1) is 18.9. The summed E-state index contributed by atoms with van der Waals surface area (Å²) in [7, 11) is 0. The highest BCUT2D eigenvalue weighted by Gasteiger charge is 2.16. The number of fused-ring (bicyclic) bond motifs is 1. The average molecular weight is 535 g/mol. The van der Waals surface area contributed by atoms with Gasteiger partial charge in [0, 0.05) is 36.1 Å². The van der Waals surface area contributed by atoms with E-state index in [0.717, 1.165) is 28.6 Å². The summed E-state index contributed by atoms with van der Waals surface area (Å²) in [6.45, 7) is 14.6. The predicted molar refractivity (Wildman–Crippen MR) is 165 cm³/mol. The lowest BCUT2D eigenvalue weighted by Gasteiger charge is -2.19. The highest BCUT2D eigenvalue weighted by atomic mass is 16.1. The first kappa shape index (κ1) is 28.5. The quantitative estimate of drug-likeness (QED) is 0.217. The normalized spacial score (nSPS) is 11.5. The molecule has 0 fully saturated rings. The minimum absolute atomic E-state index is 0.0613. The summed E-state index contributed by atoms with van der Waals surface area (Å²) >= 11 is 0.